The van der Waals surface area contributed by atoms with E-state index >= 15 is 0 Å². The molecule has 4 rings (SSSR count). The summed E-state index contributed by atoms with van der Waals surface area (Å²) in [5.74, 6) is 0.723. The number of aryl methyl sites for hydroxylation is 2. The number of hydrogen-bond donors (Lipinski definition) is 2. The second-order valence-electron chi connectivity index (χ2n) is 7.25. The predicted molar refractivity (Wildman–Crippen MR) is 112 cm³/mol. The number of fused-ring (bicyclic) bond motifs is 1. The molecule has 0 amide bonds. The minimum Gasteiger partial charge on any atom is -0.490 e. The van der Waals surface area contributed by atoms with Crippen LogP contribution in [-0.4, -0.2) is 27.8 Å². The number of nitrogens with zero attached hydrogens (tertiary/aromatic N) is 2. The summed E-state index contributed by atoms with van der Waals surface area (Å²) in [4.78, 5) is 4.34. The molecule has 4 aromatic rings. The van der Waals surface area contributed by atoms with Crippen molar-refractivity contribution in [1.82, 2.24) is 15.2 Å². The molecule has 142 valence electrons. The summed E-state index contributed by atoms with van der Waals surface area (Å²) >= 11 is 0. The lowest BCUT2D eigenvalue weighted by molar-refractivity contribution is 0.286. The molecule has 0 aliphatic heterocycles. The molecule has 0 aliphatic carbocycles. The summed E-state index contributed by atoms with van der Waals surface area (Å²) in [6, 6.07) is 16.5. The summed E-state index contributed by atoms with van der Waals surface area (Å²) < 4.78 is 5.92. The molecule has 0 bridgehead atoms. The van der Waals surface area contributed by atoms with Crippen LogP contribution in [0.3, 0.4) is 0 Å². The van der Waals surface area contributed by atoms with Crippen LogP contribution in [0.25, 0.3) is 22.0 Å². The van der Waals surface area contributed by atoms with Crippen molar-refractivity contribution < 1.29 is 4.74 Å². The van der Waals surface area contributed by atoms with E-state index in [9.17, 15) is 0 Å². The van der Waals surface area contributed by atoms with Crippen molar-refractivity contribution in [3.63, 3.8) is 0 Å². The van der Waals surface area contributed by atoms with Gasteiger partial charge in [-0.15, -0.1) is 0 Å². The van der Waals surface area contributed by atoms with Crippen LogP contribution in [0.15, 0.2) is 60.9 Å². The first-order chi connectivity index (χ1) is 13.6. The second kappa shape index (κ2) is 7.82. The third kappa shape index (κ3) is 4.05. The summed E-state index contributed by atoms with van der Waals surface area (Å²) in [6.45, 7) is 4.55. The molecule has 0 fully saturated rings. The van der Waals surface area contributed by atoms with E-state index in [0.29, 0.717) is 6.61 Å². The monoisotopic (exact) mass is 372 g/mol. The zero-order chi connectivity index (χ0) is 19.5. The summed E-state index contributed by atoms with van der Waals surface area (Å²) in [5.41, 5.74) is 12.8. The average Bonchev–Trinajstić information content (AvgIpc) is 3.07. The molecule has 1 unspecified atom stereocenters. The Bertz CT molecular complexity index is 1100. The van der Waals surface area contributed by atoms with Gasteiger partial charge in [0.2, 0.25) is 0 Å². The molecule has 0 saturated carbocycles. The van der Waals surface area contributed by atoms with E-state index < -0.39 is 0 Å². The van der Waals surface area contributed by atoms with Crippen molar-refractivity contribution in [3.05, 3.63) is 77.7 Å². The first-order valence-electron chi connectivity index (χ1n) is 9.42. The van der Waals surface area contributed by atoms with Crippen LogP contribution in [0.2, 0.25) is 0 Å². The van der Waals surface area contributed by atoms with Gasteiger partial charge in [-0.3, -0.25) is 10.1 Å². The van der Waals surface area contributed by atoms with E-state index in [-0.39, 0.29) is 6.04 Å². The number of rotatable bonds is 6. The Hall–Kier alpha value is -3.18. The standard InChI is InChI=1S/C23H24N4O/c1-15-4-3-5-17(8-15)9-20(24)14-28-21-10-19(12-25-13-21)18-6-7-23-22(11-18)16(2)26-27-23/h3-8,10-13,20H,9,14,24H2,1-2H3,(H,26,27). The molecule has 2 aromatic heterocycles. The van der Waals surface area contributed by atoms with Gasteiger partial charge >= 0.3 is 0 Å². The highest BCUT2D eigenvalue weighted by Crippen LogP contribution is 2.27. The second-order valence-corrected chi connectivity index (χ2v) is 7.25. The molecule has 0 aliphatic rings. The van der Waals surface area contributed by atoms with Crippen LogP contribution in [0.1, 0.15) is 16.8 Å². The van der Waals surface area contributed by atoms with Crippen LogP contribution in [0, 0.1) is 13.8 Å². The van der Waals surface area contributed by atoms with Crippen molar-refractivity contribution in [3.8, 4) is 16.9 Å². The van der Waals surface area contributed by atoms with E-state index in [1.54, 1.807) is 6.20 Å². The largest absolute Gasteiger partial charge is 0.490 e. The van der Waals surface area contributed by atoms with Gasteiger partial charge in [0.25, 0.3) is 0 Å². The number of ether oxygens (including phenoxy) is 1. The van der Waals surface area contributed by atoms with Gasteiger partial charge in [0.05, 0.1) is 11.7 Å². The molecule has 2 aromatic carbocycles. The minimum absolute atomic E-state index is 0.0737. The van der Waals surface area contributed by atoms with Crippen LogP contribution in [0.4, 0.5) is 0 Å². The molecule has 5 nitrogen and oxygen atoms in total. The van der Waals surface area contributed by atoms with Crippen molar-refractivity contribution in [2.75, 3.05) is 6.61 Å². The van der Waals surface area contributed by atoms with Crippen molar-refractivity contribution in [1.29, 1.82) is 0 Å². The third-order valence-corrected chi connectivity index (χ3v) is 4.84. The lowest BCUT2D eigenvalue weighted by Crippen LogP contribution is -2.30. The van der Waals surface area contributed by atoms with Gasteiger partial charge in [-0.2, -0.15) is 5.10 Å². The lowest BCUT2D eigenvalue weighted by atomic mass is 10.0. The highest BCUT2D eigenvalue weighted by atomic mass is 16.5. The van der Waals surface area contributed by atoms with Gasteiger partial charge in [0.15, 0.2) is 0 Å². The Morgan fingerprint density at radius 2 is 1.93 bits per heavy atom. The summed E-state index contributed by atoms with van der Waals surface area (Å²) in [5, 5.41) is 8.41. The normalized spacial score (nSPS) is 12.2. The third-order valence-electron chi connectivity index (χ3n) is 4.84. The zero-order valence-electron chi connectivity index (χ0n) is 16.1. The van der Waals surface area contributed by atoms with E-state index in [2.05, 4.69) is 52.4 Å². The molecule has 1 atom stereocenters. The predicted octanol–water partition coefficient (Wildman–Crippen LogP) is 4.19. The summed E-state index contributed by atoms with van der Waals surface area (Å²) in [7, 11) is 0. The fourth-order valence-corrected chi connectivity index (χ4v) is 3.38. The Labute approximate surface area is 164 Å². The quantitative estimate of drug-likeness (QED) is 0.532. The molecule has 5 heteroatoms. The van der Waals surface area contributed by atoms with Crippen LogP contribution in [-0.2, 0) is 6.42 Å². The van der Waals surface area contributed by atoms with Crippen LogP contribution < -0.4 is 10.5 Å². The first kappa shape index (κ1) is 18.2. The number of pyridine rings is 1. The van der Waals surface area contributed by atoms with Crippen molar-refractivity contribution in [2.45, 2.75) is 26.3 Å². The number of H-pyrrole nitrogens is 1. The molecule has 0 radical (unpaired) electrons. The molecular weight excluding hydrogens is 348 g/mol. The maximum Gasteiger partial charge on any atom is 0.138 e. The topological polar surface area (TPSA) is 76.8 Å². The molecule has 28 heavy (non-hydrogen) atoms. The van der Waals surface area contributed by atoms with E-state index in [4.69, 9.17) is 10.5 Å². The van der Waals surface area contributed by atoms with Gasteiger partial charge in [-0.1, -0.05) is 35.9 Å². The Morgan fingerprint density at radius 3 is 2.79 bits per heavy atom. The summed E-state index contributed by atoms with van der Waals surface area (Å²) in [6.07, 6.45) is 4.35. The van der Waals surface area contributed by atoms with Gasteiger partial charge in [-0.25, -0.2) is 0 Å². The van der Waals surface area contributed by atoms with E-state index in [0.717, 1.165) is 39.9 Å². The van der Waals surface area contributed by atoms with E-state index in [1.165, 1.54) is 11.1 Å². The zero-order valence-corrected chi connectivity index (χ0v) is 16.1. The first-order valence-corrected chi connectivity index (χ1v) is 9.42. The fourth-order valence-electron chi connectivity index (χ4n) is 3.38. The Kier molecular flexibility index (Phi) is 5.08. The molecule has 0 spiro atoms. The number of hydrogen-bond acceptors (Lipinski definition) is 4. The van der Waals surface area contributed by atoms with Gasteiger partial charge in [0.1, 0.15) is 12.4 Å². The number of nitrogens with one attached hydrogen (secondary N) is 1. The minimum atomic E-state index is -0.0737. The molecule has 0 saturated heterocycles. The molecule has 2 heterocycles. The highest BCUT2D eigenvalue weighted by molar-refractivity contribution is 5.86. The maximum absolute atomic E-state index is 6.26. The SMILES string of the molecule is Cc1cccc(CC(N)COc2cncc(-c3ccc4n[nH]c(C)c4c3)c2)c1. The van der Waals surface area contributed by atoms with Gasteiger partial charge in [0, 0.05) is 28.9 Å². The number of benzene rings is 2. The Morgan fingerprint density at radius 1 is 1.04 bits per heavy atom. The van der Waals surface area contributed by atoms with Gasteiger partial charge in [-0.05, 0) is 49.6 Å². The number of nitrogens with two attached hydrogens (primary N) is 1. The van der Waals surface area contributed by atoms with Crippen molar-refractivity contribution >= 4 is 10.9 Å². The Balaban J connectivity index is 1.45. The lowest BCUT2D eigenvalue weighted by Gasteiger charge is -2.14. The smallest absolute Gasteiger partial charge is 0.138 e. The molecular formula is C23H24N4O. The average molecular weight is 372 g/mol. The number of aromatic nitrogens is 3. The molecule has 3 N–H and O–H groups in total. The van der Waals surface area contributed by atoms with Crippen LogP contribution >= 0.6 is 0 Å². The van der Waals surface area contributed by atoms with Gasteiger partial charge < -0.3 is 10.5 Å². The van der Waals surface area contributed by atoms with E-state index in [1.807, 2.05) is 31.3 Å². The van der Waals surface area contributed by atoms with Crippen molar-refractivity contribution in [2.24, 2.45) is 5.73 Å². The fraction of sp³-hybridized carbons (Fsp3) is 0.217. The maximum atomic E-state index is 6.26. The number of aromatic amines is 1. The van der Waals surface area contributed by atoms with Crippen LogP contribution in [0.5, 0.6) is 5.75 Å². The highest BCUT2D eigenvalue weighted by Gasteiger charge is 2.08.